The molecule has 1 N–H and O–H groups in total. The lowest BCUT2D eigenvalue weighted by atomic mass is 10.2. The van der Waals surface area contributed by atoms with E-state index in [9.17, 15) is 4.79 Å². The van der Waals surface area contributed by atoms with Gasteiger partial charge in [0, 0.05) is 23.7 Å². The summed E-state index contributed by atoms with van der Waals surface area (Å²) in [6.45, 7) is 4.83. The highest BCUT2D eigenvalue weighted by atomic mass is 32.1. The van der Waals surface area contributed by atoms with Gasteiger partial charge in [0.2, 0.25) is 5.91 Å². The summed E-state index contributed by atoms with van der Waals surface area (Å²) in [6, 6.07) is 12.2. The maximum atomic E-state index is 10.9. The molecule has 2 aromatic heterocycles. The van der Waals surface area contributed by atoms with E-state index in [-0.39, 0.29) is 5.91 Å². The average Bonchev–Trinajstić information content (AvgIpc) is 3.24. The lowest BCUT2D eigenvalue weighted by molar-refractivity contribution is -0.118. The number of hydrogen-bond acceptors (Lipinski definition) is 5. The second-order valence-electron chi connectivity index (χ2n) is 5.47. The van der Waals surface area contributed by atoms with E-state index in [2.05, 4.69) is 22.8 Å². The molecule has 1 aromatic carbocycles. The quantitative estimate of drug-likeness (QED) is 0.658. The number of hydrogen-bond donors (Lipinski definition) is 1. The first-order valence-electron chi connectivity index (χ1n) is 8.18. The average molecular weight is 373 g/mol. The number of thiophene rings is 1. The first-order valence-corrected chi connectivity index (χ1v) is 9.88. The minimum absolute atomic E-state index is 0.00823. The highest BCUT2D eigenvalue weighted by Crippen LogP contribution is 2.36. The number of nitrogens with zero attached hydrogens (tertiary/aromatic N) is 1. The molecule has 0 radical (unpaired) electrons. The van der Waals surface area contributed by atoms with Gasteiger partial charge in [-0.2, -0.15) is 0 Å². The summed E-state index contributed by atoms with van der Waals surface area (Å²) < 4.78 is 5.71. The summed E-state index contributed by atoms with van der Waals surface area (Å²) in [5.74, 6) is 0.877. The molecule has 3 rings (SSSR count). The largest absolute Gasteiger partial charge is 0.493 e. The Kier molecular flexibility index (Phi) is 5.83. The van der Waals surface area contributed by atoms with Gasteiger partial charge in [-0.15, -0.1) is 22.7 Å². The summed E-state index contributed by atoms with van der Waals surface area (Å²) in [4.78, 5) is 18.1. The van der Waals surface area contributed by atoms with Gasteiger partial charge >= 0.3 is 0 Å². The minimum atomic E-state index is 0.00823. The van der Waals surface area contributed by atoms with Crippen molar-refractivity contribution in [3.8, 4) is 26.9 Å². The smallest absolute Gasteiger partial charge is 0.216 e. The number of carbonyl (C=O) groups excluding carboxylic acids is 1. The van der Waals surface area contributed by atoms with Crippen LogP contribution in [-0.2, 0) is 11.2 Å². The zero-order valence-electron chi connectivity index (χ0n) is 14.2. The number of aromatic nitrogens is 1. The molecule has 0 saturated carbocycles. The highest BCUT2D eigenvalue weighted by Gasteiger charge is 2.12. The number of thiazole rings is 1. The van der Waals surface area contributed by atoms with Gasteiger partial charge in [0.05, 0.1) is 22.7 Å². The van der Waals surface area contributed by atoms with Crippen molar-refractivity contribution in [1.82, 2.24) is 10.3 Å². The SMILES string of the molecule is CCOc1ccccc1-c1nc(-c2ccc(CCNC(C)=O)s2)cs1. The van der Waals surface area contributed by atoms with E-state index in [1.807, 2.05) is 31.2 Å². The van der Waals surface area contributed by atoms with Gasteiger partial charge in [-0.1, -0.05) is 12.1 Å². The molecule has 1 amide bonds. The second kappa shape index (κ2) is 8.27. The molecule has 0 aliphatic rings. The fraction of sp³-hybridized carbons (Fsp3) is 0.263. The number of ether oxygens (including phenoxy) is 1. The van der Waals surface area contributed by atoms with E-state index in [0.29, 0.717) is 13.2 Å². The molecule has 0 unspecified atom stereocenters. The molecule has 0 aliphatic carbocycles. The van der Waals surface area contributed by atoms with Crippen LogP contribution in [0.25, 0.3) is 21.1 Å². The lowest BCUT2D eigenvalue weighted by Gasteiger charge is -2.07. The van der Waals surface area contributed by atoms with Crippen LogP contribution in [0.4, 0.5) is 0 Å². The third-order valence-electron chi connectivity index (χ3n) is 3.58. The van der Waals surface area contributed by atoms with Crippen LogP contribution in [0.2, 0.25) is 0 Å². The molecule has 0 atom stereocenters. The van der Waals surface area contributed by atoms with Crippen LogP contribution >= 0.6 is 22.7 Å². The molecule has 0 aliphatic heterocycles. The molecule has 0 spiro atoms. The molecule has 0 fully saturated rings. The van der Waals surface area contributed by atoms with Crippen LogP contribution in [0.1, 0.15) is 18.7 Å². The zero-order chi connectivity index (χ0) is 17.6. The Morgan fingerprint density at radius 1 is 1.24 bits per heavy atom. The van der Waals surface area contributed by atoms with Crippen molar-refractivity contribution in [3.05, 3.63) is 46.7 Å². The van der Waals surface area contributed by atoms with Crippen LogP contribution in [0.5, 0.6) is 5.75 Å². The first kappa shape index (κ1) is 17.6. The van der Waals surface area contributed by atoms with Crippen LogP contribution in [0.15, 0.2) is 41.8 Å². The Bertz CT molecular complexity index is 854. The molecule has 25 heavy (non-hydrogen) atoms. The number of rotatable bonds is 7. The van der Waals surface area contributed by atoms with E-state index >= 15 is 0 Å². The number of para-hydroxylation sites is 1. The summed E-state index contributed by atoms with van der Waals surface area (Å²) in [7, 11) is 0. The van der Waals surface area contributed by atoms with Gasteiger partial charge in [-0.3, -0.25) is 4.79 Å². The second-order valence-corrected chi connectivity index (χ2v) is 7.49. The van der Waals surface area contributed by atoms with Crippen molar-refractivity contribution in [1.29, 1.82) is 0 Å². The molecule has 0 saturated heterocycles. The Morgan fingerprint density at radius 3 is 2.88 bits per heavy atom. The lowest BCUT2D eigenvalue weighted by Crippen LogP contribution is -2.21. The number of benzene rings is 1. The van der Waals surface area contributed by atoms with Gasteiger partial charge < -0.3 is 10.1 Å². The number of amides is 1. The fourth-order valence-corrected chi connectivity index (χ4v) is 4.34. The third-order valence-corrected chi connectivity index (χ3v) is 5.62. The van der Waals surface area contributed by atoms with Crippen molar-refractivity contribution in [2.75, 3.05) is 13.2 Å². The Hall–Kier alpha value is -2.18. The number of carbonyl (C=O) groups is 1. The summed E-state index contributed by atoms with van der Waals surface area (Å²) in [6.07, 6.45) is 0.842. The standard InChI is InChI=1S/C19H20N2O2S2/c1-3-23-17-7-5-4-6-15(17)19-21-16(12-24-19)18-9-8-14(25-18)10-11-20-13(2)22/h4-9,12H,3,10-11H2,1-2H3,(H,20,22). The molecule has 130 valence electrons. The zero-order valence-corrected chi connectivity index (χ0v) is 15.9. The molecule has 0 bridgehead atoms. The first-order chi connectivity index (χ1) is 12.2. The molecule has 6 heteroatoms. The number of nitrogens with one attached hydrogen (secondary N) is 1. The van der Waals surface area contributed by atoms with Crippen molar-refractivity contribution in [2.24, 2.45) is 0 Å². The van der Waals surface area contributed by atoms with Crippen LogP contribution < -0.4 is 10.1 Å². The van der Waals surface area contributed by atoms with E-state index in [1.165, 1.54) is 11.8 Å². The van der Waals surface area contributed by atoms with Crippen molar-refractivity contribution < 1.29 is 9.53 Å². The molecular weight excluding hydrogens is 352 g/mol. The predicted molar refractivity (Wildman–Crippen MR) is 104 cm³/mol. The molecule has 3 aromatic rings. The molecule has 2 heterocycles. The monoisotopic (exact) mass is 372 g/mol. The highest BCUT2D eigenvalue weighted by molar-refractivity contribution is 7.16. The molecular formula is C19H20N2O2S2. The predicted octanol–water partition coefficient (Wildman–Crippen LogP) is 4.62. The normalized spacial score (nSPS) is 10.6. The van der Waals surface area contributed by atoms with Crippen molar-refractivity contribution in [3.63, 3.8) is 0 Å². The van der Waals surface area contributed by atoms with Gasteiger partial charge in [-0.05, 0) is 37.6 Å². The molecule has 4 nitrogen and oxygen atoms in total. The Morgan fingerprint density at radius 2 is 2.08 bits per heavy atom. The van der Waals surface area contributed by atoms with Gasteiger partial charge in [-0.25, -0.2) is 4.98 Å². The van der Waals surface area contributed by atoms with Crippen molar-refractivity contribution >= 4 is 28.6 Å². The summed E-state index contributed by atoms with van der Waals surface area (Å²) >= 11 is 3.35. The van der Waals surface area contributed by atoms with Gasteiger partial charge in [0.15, 0.2) is 0 Å². The van der Waals surface area contributed by atoms with Crippen molar-refractivity contribution in [2.45, 2.75) is 20.3 Å². The van der Waals surface area contributed by atoms with E-state index in [4.69, 9.17) is 9.72 Å². The van der Waals surface area contributed by atoms with Crippen LogP contribution in [0, 0.1) is 0 Å². The Balaban J connectivity index is 1.76. The minimum Gasteiger partial charge on any atom is -0.493 e. The van der Waals surface area contributed by atoms with E-state index < -0.39 is 0 Å². The Labute approximate surface area is 155 Å². The summed E-state index contributed by atoms with van der Waals surface area (Å²) in [5, 5.41) is 5.88. The van der Waals surface area contributed by atoms with Gasteiger partial charge in [0.1, 0.15) is 10.8 Å². The maximum absolute atomic E-state index is 10.9. The van der Waals surface area contributed by atoms with Crippen LogP contribution in [0.3, 0.4) is 0 Å². The van der Waals surface area contributed by atoms with E-state index in [1.54, 1.807) is 22.7 Å². The third kappa shape index (κ3) is 4.46. The van der Waals surface area contributed by atoms with Gasteiger partial charge in [0.25, 0.3) is 0 Å². The van der Waals surface area contributed by atoms with Crippen LogP contribution in [-0.4, -0.2) is 24.0 Å². The fourth-order valence-electron chi connectivity index (χ4n) is 2.45. The summed E-state index contributed by atoms with van der Waals surface area (Å²) in [5.41, 5.74) is 2.02. The van der Waals surface area contributed by atoms with E-state index in [0.717, 1.165) is 33.3 Å². The maximum Gasteiger partial charge on any atom is 0.216 e. The topological polar surface area (TPSA) is 51.2 Å².